The van der Waals surface area contributed by atoms with Crippen molar-refractivity contribution in [2.75, 3.05) is 5.34 Å². The molecule has 2 fully saturated rings. The first-order chi connectivity index (χ1) is 15.7. The second-order valence-corrected chi connectivity index (χ2v) is 9.81. The molecule has 0 spiro atoms. The number of ketones is 3. The van der Waals surface area contributed by atoms with Crippen LogP contribution in [0.1, 0.15) is 52.9 Å². The zero-order valence-electron chi connectivity index (χ0n) is 20.1. The number of carbonyl (C=O) groups is 3. The van der Waals surface area contributed by atoms with Gasteiger partial charge >= 0.3 is 0 Å². The minimum Gasteiger partial charge on any atom is -0.300 e. The highest BCUT2D eigenvalue weighted by molar-refractivity contribution is 6.40. The standard InChI is InChI=1S/2C9H12O.C5H6.C4H6O.CH2Cl2/c2*1-6(10)9-5-7-2-3-8(9)4-7;1-2-4-5-3-1;1-3-4(2)5;2-1-3/h2*2-3,7-9H,4-5H2,1H3;1-4H,5H2;3H,1H2,2H3;1H2. The smallest absolute Gasteiger partial charge is 0.152 e. The topological polar surface area (TPSA) is 51.2 Å². The SMILES string of the molecule is C1=CCC=C1.C=CC(C)=O.CC(=O)C1CC2C=CC1C2.CC(=O)C1CC2C=CC1C2.ClCCl. The van der Waals surface area contributed by atoms with Gasteiger partial charge in [-0.3, -0.25) is 14.4 Å². The molecule has 0 aromatic rings. The first-order valence-corrected chi connectivity index (χ1v) is 12.7. The van der Waals surface area contributed by atoms with Crippen molar-refractivity contribution < 1.29 is 14.4 Å². The molecular weight excluding hydrogens is 455 g/mol. The minimum atomic E-state index is 0.0185. The molecule has 2 saturated carbocycles. The third kappa shape index (κ3) is 10.8. The fourth-order valence-electron chi connectivity index (χ4n) is 4.89. The van der Waals surface area contributed by atoms with Crippen LogP contribution in [0.15, 0.2) is 61.3 Å². The predicted octanol–water partition coefficient (Wildman–Crippen LogP) is 7.26. The highest BCUT2D eigenvalue weighted by Crippen LogP contribution is 2.44. The van der Waals surface area contributed by atoms with Crippen LogP contribution in [0.5, 0.6) is 0 Å². The van der Waals surface area contributed by atoms with Gasteiger partial charge in [-0.15, -0.1) is 23.2 Å². The van der Waals surface area contributed by atoms with Crippen molar-refractivity contribution in [2.45, 2.75) is 52.9 Å². The van der Waals surface area contributed by atoms with E-state index in [1.807, 2.05) is 0 Å². The molecule has 0 aromatic heterocycles. The van der Waals surface area contributed by atoms with Crippen molar-refractivity contribution in [1.82, 2.24) is 0 Å². The van der Waals surface area contributed by atoms with Gasteiger partial charge in [-0.2, -0.15) is 0 Å². The molecule has 0 radical (unpaired) electrons. The Bertz CT molecular complexity index is 724. The molecule has 6 atom stereocenters. The summed E-state index contributed by atoms with van der Waals surface area (Å²) in [7, 11) is 0. The first-order valence-electron chi connectivity index (χ1n) is 11.7. The maximum atomic E-state index is 11.0. The molecule has 182 valence electrons. The Morgan fingerprint density at radius 2 is 1.15 bits per heavy atom. The van der Waals surface area contributed by atoms with Crippen molar-refractivity contribution in [1.29, 1.82) is 0 Å². The summed E-state index contributed by atoms with van der Waals surface area (Å²) in [5.74, 6) is 4.20. The summed E-state index contributed by atoms with van der Waals surface area (Å²) in [5.41, 5.74) is 0. The van der Waals surface area contributed by atoms with E-state index in [0.717, 1.165) is 31.1 Å². The van der Waals surface area contributed by atoms with Crippen LogP contribution in [0.25, 0.3) is 0 Å². The van der Waals surface area contributed by atoms with Crippen LogP contribution >= 0.6 is 23.2 Å². The maximum absolute atomic E-state index is 11.0. The summed E-state index contributed by atoms with van der Waals surface area (Å²) in [6.07, 6.45) is 24.5. The highest BCUT2D eigenvalue weighted by Gasteiger charge is 2.38. The average Bonchev–Trinajstić information content (AvgIpc) is 3.61. The summed E-state index contributed by atoms with van der Waals surface area (Å²) >= 11 is 9.53. The number of fused-ring (bicyclic) bond motifs is 4. The molecule has 5 heteroatoms. The molecule has 33 heavy (non-hydrogen) atoms. The third-order valence-corrected chi connectivity index (χ3v) is 6.55. The molecule has 0 amide bonds. The van der Waals surface area contributed by atoms with E-state index in [9.17, 15) is 14.4 Å². The van der Waals surface area contributed by atoms with Gasteiger partial charge in [0, 0.05) is 11.8 Å². The molecule has 0 aromatic carbocycles. The number of halogens is 2. The predicted molar refractivity (Wildman–Crippen MR) is 139 cm³/mol. The zero-order chi connectivity index (χ0) is 24.8. The van der Waals surface area contributed by atoms with E-state index in [2.05, 4.69) is 55.2 Å². The Hall–Kier alpha value is -1.71. The average molecular weight is 494 g/mol. The maximum Gasteiger partial charge on any atom is 0.152 e. The van der Waals surface area contributed by atoms with E-state index < -0.39 is 0 Å². The summed E-state index contributed by atoms with van der Waals surface area (Å²) in [6, 6.07) is 0. The number of alkyl halides is 2. The molecule has 5 aliphatic rings. The normalized spacial score (nSPS) is 30.1. The number of hydrogen-bond acceptors (Lipinski definition) is 3. The lowest BCUT2D eigenvalue weighted by molar-refractivity contribution is -0.122. The van der Waals surface area contributed by atoms with Crippen molar-refractivity contribution >= 4 is 40.6 Å². The number of allylic oxidation sites excluding steroid dienone is 9. The Morgan fingerprint density at radius 1 is 0.788 bits per heavy atom. The Balaban J connectivity index is 0.000000222. The van der Waals surface area contributed by atoms with Gasteiger partial charge in [0.15, 0.2) is 5.78 Å². The van der Waals surface area contributed by atoms with E-state index in [1.165, 1.54) is 25.8 Å². The van der Waals surface area contributed by atoms with Crippen LogP contribution in [-0.4, -0.2) is 22.7 Å². The molecule has 3 nitrogen and oxygen atoms in total. The van der Waals surface area contributed by atoms with Gasteiger partial charge in [-0.05, 0) is 82.6 Å². The molecular formula is C28H38Cl2O3. The van der Waals surface area contributed by atoms with Gasteiger partial charge in [-0.25, -0.2) is 0 Å². The fourth-order valence-corrected chi connectivity index (χ4v) is 4.89. The second kappa shape index (κ2) is 16.0. The van der Waals surface area contributed by atoms with Gasteiger partial charge in [0.2, 0.25) is 0 Å². The Labute approximate surface area is 209 Å². The lowest BCUT2D eigenvalue weighted by atomic mass is 9.90. The van der Waals surface area contributed by atoms with Crippen LogP contribution < -0.4 is 0 Å². The van der Waals surface area contributed by atoms with Crippen molar-refractivity contribution in [2.24, 2.45) is 35.5 Å². The van der Waals surface area contributed by atoms with Gasteiger partial charge in [0.1, 0.15) is 11.6 Å². The number of Topliss-reactive ketones (excluding diaryl/α,β-unsaturated/α-hetero) is 2. The number of carbonyl (C=O) groups excluding carboxylic acids is 3. The minimum absolute atomic E-state index is 0.0185. The van der Waals surface area contributed by atoms with Crippen LogP contribution in [0.3, 0.4) is 0 Å². The summed E-state index contributed by atoms with van der Waals surface area (Å²) < 4.78 is 0. The van der Waals surface area contributed by atoms with E-state index >= 15 is 0 Å². The van der Waals surface area contributed by atoms with Crippen LogP contribution in [0.2, 0.25) is 0 Å². The zero-order valence-corrected chi connectivity index (χ0v) is 21.6. The highest BCUT2D eigenvalue weighted by atomic mass is 35.5. The molecule has 5 aliphatic carbocycles. The van der Waals surface area contributed by atoms with Crippen LogP contribution in [0, 0.1) is 35.5 Å². The summed E-state index contributed by atoms with van der Waals surface area (Å²) in [6.45, 7) is 8.12. The van der Waals surface area contributed by atoms with E-state index in [1.54, 1.807) is 13.8 Å². The number of rotatable bonds is 3. The lowest BCUT2D eigenvalue weighted by Crippen LogP contribution is -2.15. The molecule has 0 aliphatic heterocycles. The molecule has 0 heterocycles. The molecule has 0 N–H and O–H groups in total. The molecule has 4 bridgehead atoms. The van der Waals surface area contributed by atoms with Crippen LogP contribution in [-0.2, 0) is 14.4 Å². The second-order valence-electron chi connectivity index (χ2n) is 9.00. The molecule has 5 rings (SSSR count). The molecule has 0 saturated heterocycles. The van der Waals surface area contributed by atoms with Crippen molar-refractivity contribution in [3.05, 3.63) is 61.3 Å². The van der Waals surface area contributed by atoms with E-state index in [0.29, 0.717) is 35.2 Å². The van der Waals surface area contributed by atoms with E-state index in [4.69, 9.17) is 23.2 Å². The quantitative estimate of drug-likeness (QED) is 0.236. The van der Waals surface area contributed by atoms with Gasteiger partial charge < -0.3 is 0 Å². The van der Waals surface area contributed by atoms with E-state index in [-0.39, 0.29) is 11.1 Å². The van der Waals surface area contributed by atoms with Crippen molar-refractivity contribution in [3.63, 3.8) is 0 Å². The Kier molecular flexibility index (Phi) is 14.2. The van der Waals surface area contributed by atoms with Gasteiger partial charge in [-0.1, -0.05) is 55.2 Å². The van der Waals surface area contributed by atoms with Crippen LogP contribution in [0.4, 0.5) is 0 Å². The largest absolute Gasteiger partial charge is 0.300 e. The van der Waals surface area contributed by atoms with Crippen molar-refractivity contribution in [3.8, 4) is 0 Å². The first kappa shape index (κ1) is 29.3. The fraction of sp³-hybridized carbons (Fsp3) is 0.536. The Morgan fingerprint density at radius 3 is 1.27 bits per heavy atom. The number of hydrogen-bond donors (Lipinski definition) is 0. The summed E-state index contributed by atoms with van der Waals surface area (Å²) in [5, 5.41) is 0.194. The monoisotopic (exact) mass is 492 g/mol. The third-order valence-electron chi connectivity index (χ3n) is 6.55. The van der Waals surface area contributed by atoms with Gasteiger partial charge in [0.25, 0.3) is 0 Å². The lowest BCUT2D eigenvalue weighted by Gasteiger charge is -2.13. The molecule has 6 unspecified atom stereocenters. The summed E-state index contributed by atoms with van der Waals surface area (Å²) in [4.78, 5) is 31.7. The van der Waals surface area contributed by atoms with Gasteiger partial charge in [0.05, 0.1) is 5.34 Å².